The first-order valence-corrected chi connectivity index (χ1v) is 5.68. The lowest BCUT2D eigenvalue weighted by Crippen LogP contribution is -2.26. The highest BCUT2D eigenvalue weighted by molar-refractivity contribution is 7.71. The number of nitrogens with zero attached hydrogens (tertiary/aromatic N) is 4. The van der Waals surface area contributed by atoms with Gasteiger partial charge in [-0.15, -0.1) is 0 Å². The second kappa shape index (κ2) is 6.58. The van der Waals surface area contributed by atoms with Gasteiger partial charge in [-0.25, -0.2) is 0 Å². The van der Waals surface area contributed by atoms with Crippen molar-refractivity contribution in [3.05, 3.63) is 21.3 Å². The van der Waals surface area contributed by atoms with Crippen molar-refractivity contribution in [2.45, 2.75) is 25.9 Å². The van der Waals surface area contributed by atoms with Crippen molar-refractivity contribution < 1.29 is 4.74 Å². The molecule has 1 heterocycles. The van der Waals surface area contributed by atoms with E-state index in [1.807, 2.05) is 12.1 Å². The Morgan fingerprint density at radius 3 is 2.50 bits per heavy atom. The second-order valence-corrected chi connectivity index (χ2v) is 3.81. The molecule has 0 amide bonds. The van der Waals surface area contributed by atoms with E-state index in [0.29, 0.717) is 11.3 Å². The van der Waals surface area contributed by atoms with E-state index in [1.54, 1.807) is 4.57 Å². The Morgan fingerprint density at radius 1 is 1.33 bits per heavy atom. The average molecular weight is 264 g/mol. The van der Waals surface area contributed by atoms with Gasteiger partial charge in [0.2, 0.25) is 5.75 Å². The zero-order valence-electron chi connectivity index (χ0n) is 9.92. The molecule has 0 saturated heterocycles. The second-order valence-electron chi connectivity index (χ2n) is 3.45. The van der Waals surface area contributed by atoms with E-state index in [0.717, 1.165) is 0 Å². The van der Waals surface area contributed by atoms with Crippen molar-refractivity contribution in [2.75, 3.05) is 7.11 Å². The van der Waals surface area contributed by atoms with Crippen LogP contribution < -0.4 is 10.3 Å². The van der Waals surface area contributed by atoms with Crippen molar-refractivity contribution in [1.82, 2.24) is 9.13 Å². The van der Waals surface area contributed by atoms with Gasteiger partial charge in [0.1, 0.15) is 0 Å². The van der Waals surface area contributed by atoms with Gasteiger partial charge in [0.05, 0.1) is 38.3 Å². The molecule has 0 unspecified atom stereocenters. The summed E-state index contributed by atoms with van der Waals surface area (Å²) in [4.78, 5) is 11.9. The molecule has 0 bridgehead atoms. The fraction of sp³-hybridized carbons (Fsp3) is 0.455. The SMILES string of the molecule is COc1cn(CCC#N)c(=S)n(CCC#N)c1=O. The molecule has 0 spiro atoms. The van der Waals surface area contributed by atoms with Crippen molar-refractivity contribution in [3.8, 4) is 17.9 Å². The standard InChI is InChI=1S/C11H12N4O2S/c1-17-9-8-14(6-2-4-12)11(18)15(10(9)16)7-3-5-13/h8H,2-3,6-7H2,1H3. The number of rotatable bonds is 5. The Balaban J connectivity index is 3.31. The van der Waals surface area contributed by atoms with Crippen LogP contribution in [0.15, 0.2) is 11.0 Å². The number of hydrogen-bond acceptors (Lipinski definition) is 5. The number of aryl methyl sites for hydroxylation is 1. The summed E-state index contributed by atoms with van der Waals surface area (Å²) in [6, 6.07) is 3.97. The number of hydrogen-bond donors (Lipinski definition) is 0. The van der Waals surface area contributed by atoms with E-state index in [1.165, 1.54) is 17.9 Å². The van der Waals surface area contributed by atoms with E-state index in [2.05, 4.69) is 0 Å². The largest absolute Gasteiger partial charge is 0.490 e. The summed E-state index contributed by atoms with van der Waals surface area (Å²) in [5, 5.41) is 17.1. The zero-order valence-corrected chi connectivity index (χ0v) is 10.7. The summed E-state index contributed by atoms with van der Waals surface area (Å²) >= 11 is 5.17. The number of ether oxygens (including phenoxy) is 1. The van der Waals surface area contributed by atoms with Crippen LogP contribution in [0.25, 0.3) is 0 Å². The molecule has 94 valence electrons. The van der Waals surface area contributed by atoms with Crippen LogP contribution in [0.5, 0.6) is 5.75 Å². The molecule has 0 aliphatic heterocycles. The molecule has 0 aromatic carbocycles. The van der Waals surface area contributed by atoms with Gasteiger partial charge in [-0.1, -0.05) is 0 Å². The Kier molecular flexibility index (Phi) is 5.09. The maximum absolute atomic E-state index is 11.9. The topological polar surface area (TPSA) is 83.7 Å². The minimum Gasteiger partial charge on any atom is -0.490 e. The van der Waals surface area contributed by atoms with Crippen LogP contribution in [-0.4, -0.2) is 16.2 Å². The molecule has 0 saturated carbocycles. The third-order valence-corrected chi connectivity index (χ3v) is 2.79. The molecular weight excluding hydrogens is 252 g/mol. The lowest BCUT2D eigenvalue weighted by Gasteiger charge is -2.12. The van der Waals surface area contributed by atoms with Gasteiger partial charge in [-0.3, -0.25) is 9.36 Å². The van der Waals surface area contributed by atoms with E-state index in [-0.39, 0.29) is 30.7 Å². The van der Waals surface area contributed by atoms with E-state index >= 15 is 0 Å². The number of nitriles is 2. The minimum absolute atomic E-state index is 0.152. The van der Waals surface area contributed by atoms with Crippen molar-refractivity contribution in [3.63, 3.8) is 0 Å². The maximum atomic E-state index is 11.9. The van der Waals surface area contributed by atoms with Gasteiger partial charge in [-0.2, -0.15) is 10.5 Å². The average Bonchev–Trinajstić information content (AvgIpc) is 2.38. The fourth-order valence-corrected chi connectivity index (χ4v) is 1.77. The molecule has 0 atom stereocenters. The summed E-state index contributed by atoms with van der Waals surface area (Å²) in [7, 11) is 1.39. The Hall–Kier alpha value is -2.12. The molecule has 0 radical (unpaired) electrons. The van der Waals surface area contributed by atoms with Gasteiger partial charge < -0.3 is 9.30 Å². The first-order valence-electron chi connectivity index (χ1n) is 5.28. The van der Waals surface area contributed by atoms with Crippen LogP contribution in [0.4, 0.5) is 0 Å². The summed E-state index contributed by atoms with van der Waals surface area (Å²) in [5.41, 5.74) is -0.356. The fourth-order valence-electron chi connectivity index (χ4n) is 1.46. The van der Waals surface area contributed by atoms with E-state index in [4.69, 9.17) is 27.5 Å². The van der Waals surface area contributed by atoms with Gasteiger partial charge >= 0.3 is 0 Å². The van der Waals surface area contributed by atoms with Crippen molar-refractivity contribution in [2.24, 2.45) is 0 Å². The summed E-state index contributed by atoms with van der Waals surface area (Å²) in [6.07, 6.45) is 1.97. The molecule has 0 fully saturated rings. The van der Waals surface area contributed by atoms with Crippen molar-refractivity contribution >= 4 is 12.2 Å². The molecule has 0 aliphatic rings. The molecule has 6 nitrogen and oxygen atoms in total. The summed E-state index contributed by atoms with van der Waals surface area (Å²) < 4.78 is 8.19. The predicted molar refractivity (Wildman–Crippen MR) is 66.5 cm³/mol. The van der Waals surface area contributed by atoms with Gasteiger partial charge in [0, 0.05) is 13.1 Å². The Bertz CT molecular complexity index is 618. The molecule has 1 aromatic heterocycles. The van der Waals surface area contributed by atoms with E-state index < -0.39 is 0 Å². The molecular formula is C11H12N4O2S. The molecule has 18 heavy (non-hydrogen) atoms. The third kappa shape index (κ3) is 2.96. The van der Waals surface area contributed by atoms with Crippen molar-refractivity contribution in [1.29, 1.82) is 10.5 Å². The van der Waals surface area contributed by atoms with Crippen LogP contribution in [0.1, 0.15) is 12.8 Å². The summed E-state index contributed by atoms with van der Waals surface area (Å²) in [5.74, 6) is 0.152. The predicted octanol–water partition coefficient (Wildman–Crippen LogP) is 1.22. The molecule has 0 aliphatic carbocycles. The molecule has 0 N–H and O–H groups in total. The number of aromatic nitrogens is 2. The quantitative estimate of drug-likeness (QED) is 0.746. The first kappa shape index (κ1) is 13.9. The summed E-state index contributed by atoms with van der Waals surface area (Å²) in [6.45, 7) is 0.608. The lowest BCUT2D eigenvalue weighted by atomic mass is 10.4. The van der Waals surface area contributed by atoms with Gasteiger partial charge in [0.15, 0.2) is 4.77 Å². The highest BCUT2D eigenvalue weighted by Crippen LogP contribution is 2.05. The van der Waals surface area contributed by atoms with Crippen LogP contribution in [0.2, 0.25) is 0 Å². The van der Waals surface area contributed by atoms with Crippen LogP contribution in [0.3, 0.4) is 0 Å². The van der Waals surface area contributed by atoms with Crippen LogP contribution >= 0.6 is 12.2 Å². The van der Waals surface area contributed by atoms with Crippen LogP contribution in [-0.2, 0) is 13.1 Å². The number of methoxy groups -OCH3 is 1. The highest BCUT2D eigenvalue weighted by Gasteiger charge is 2.09. The smallest absolute Gasteiger partial charge is 0.296 e. The first-order chi connectivity index (χ1) is 8.65. The lowest BCUT2D eigenvalue weighted by molar-refractivity contribution is 0.390. The minimum atomic E-state index is -0.356. The maximum Gasteiger partial charge on any atom is 0.296 e. The molecule has 1 rings (SSSR count). The Labute approximate surface area is 109 Å². The zero-order chi connectivity index (χ0) is 13.5. The Morgan fingerprint density at radius 2 is 1.94 bits per heavy atom. The van der Waals surface area contributed by atoms with E-state index in [9.17, 15) is 4.79 Å². The van der Waals surface area contributed by atoms with Gasteiger partial charge in [0.25, 0.3) is 5.56 Å². The molecule has 7 heteroatoms. The normalized spacial score (nSPS) is 9.50. The third-order valence-electron chi connectivity index (χ3n) is 2.34. The highest BCUT2D eigenvalue weighted by atomic mass is 32.1. The molecule has 1 aromatic rings. The monoisotopic (exact) mass is 264 g/mol. The van der Waals surface area contributed by atoms with Gasteiger partial charge in [-0.05, 0) is 12.2 Å². The van der Waals surface area contributed by atoms with Crippen LogP contribution in [0, 0.1) is 27.4 Å².